The van der Waals surface area contributed by atoms with Gasteiger partial charge in [0.15, 0.2) is 0 Å². The molecule has 0 heterocycles. The fraction of sp³-hybridized carbons (Fsp3) is 0.0938. The zero-order valence-electron chi connectivity index (χ0n) is 22.8. The highest BCUT2D eigenvalue weighted by molar-refractivity contribution is 9.10. The Morgan fingerprint density at radius 2 is 1.50 bits per heavy atom. The summed E-state index contributed by atoms with van der Waals surface area (Å²) < 4.78 is 11.3. The quantitative estimate of drug-likeness (QED) is 0.125. The molecule has 42 heavy (non-hydrogen) atoms. The van der Waals surface area contributed by atoms with Gasteiger partial charge in [0.05, 0.1) is 20.0 Å². The minimum absolute atomic E-state index is 0.0769. The van der Waals surface area contributed by atoms with Crippen molar-refractivity contribution in [1.29, 1.82) is 0 Å². The first kappa shape index (κ1) is 30.4. The van der Waals surface area contributed by atoms with E-state index in [2.05, 4.69) is 31.9 Å². The summed E-state index contributed by atoms with van der Waals surface area (Å²) >= 11 is 4.75. The Morgan fingerprint density at radius 3 is 2.19 bits per heavy atom. The lowest BCUT2D eigenvalue weighted by atomic mass is 10.1. The number of ether oxygens (including phenoxy) is 2. The van der Waals surface area contributed by atoms with Crippen molar-refractivity contribution in [3.8, 4) is 11.5 Å². The van der Waals surface area contributed by atoms with Crippen LogP contribution in [0, 0.1) is 0 Å². The van der Waals surface area contributed by atoms with Crippen molar-refractivity contribution in [2.75, 3.05) is 30.6 Å². The molecule has 0 aliphatic rings. The van der Waals surface area contributed by atoms with Gasteiger partial charge in [-0.2, -0.15) is 0 Å². The number of nitrogens with one attached hydrogen (secondary N) is 3. The van der Waals surface area contributed by atoms with Crippen molar-refractivity contribution in [3.63, 3.8) is 0 Å². The van der Waals surface area contributed by atoms with E-state index in [9.17, 15) is 14.4 Å². The van der Waals surface area contributed by atoms with E-state index in [1.807, 2.05) is 36.4 Å². The number of halogens is 1. The number of carbonyl (C=O) groups is 3. The van der Waals surface area contributed by atoms with E-state index in [-0.39, 0.29) is 17.4 Å². The first-order chi connectivity index (χ1) is 20.3. The van der Waals surface area contributed by atoms with Crippen LogP contribution in [0.3, 0.4) is 0 Å². The van der Waals surface area contributed by atoms with E-state index in [1.165, 1.54) is 11.8 Å². The lowest BCUT2D eigenvalue weighted by Crippen LogP contribution is -2.30. The lowest BCUT2D eigenvalue weighted by Gasteiger charge is -2.12. The summed E-state index contributed by atoms with van der Waals surface area (Å²) in [6, 6.07) is 28.3. The van der Waals surface area contributed by atoms with Crippen LogP contribution in [0.4, 0.5) is 11.4 Å². The third kappa shape index (κ3) is 8.98. The molecule has 4 aromatic carbocycles. The Bertz CT molecular complexity index is 1590. The predicted molar refractivity (Wildman–Crippen MR) is 170 cm³/mol. The molecule has 0 bridgehead atoms. The molecular formula is C32H28BrN3O5S. The molecule has 0 fully saturated rings. The van der Waals surface area contributed by atoms with Crippen LogP contribution in [0.15, 0.2) is 112 Å². The zero-order valence-corrected chi connectivity index (χ0v) is 25.3. The fourth-order valence-electron chi connectivity index (χ4n) is 3.79. The second-order valence-electron chi connectivity index (χ2n) is 8.85. The second kappa shape index (κ2) is 14.9. The molecule has 0 radical (unpaired) electrons. The molecule has 0 saturated carbocycles. The minimum atomic E-state index is -0.494. The number of hydrogen-bond donors (Lipinski definition) is 3. The SMILES string of the molecule is COc1cc(NC(=O)CSc2cccc(NC(=O)/C(=C\c3cccc(Br)c3)NC(=O)c3ccccc3)c2)cc(OC)c1. The largest absolute Gasteiger partial charge is 0.497 e. The van der Waals surface area contributed by atoms with Gasteiger partial charge in [0.2, 0.25) is 5.91 Å². The minimum Gasteiger partial charge on any atom is -0.497 e. The average Bonchev–Trinajstić information content (AvgIpc) is 3.00. The third-order valence-electron chi connectivity index (χ3n) is 5.79. The molecule has 4 aromatic rings. The van der Waals surface area contributed by atoms with Crippen LogP contribution in [0.1, 0.15) is 15.9 Å². The molecular weight excluding hydrogens is 618 g/mol. The number of hydrogen-bond acceptors (Lipinski definition) is 6. The number of amides is 3. The summed E-state index contributed by atoms with van der Waals surface area (Å²) in [4.78, 5) is 39.6. The van der Waals surface area contributed by atoms with Gasteiger partial charge in [0.1, 0.15) is 17.2 Å². The average molecular weight is 647 g/mol. The van der Waals surface area contributed by atoms with Gasteiger partial charge in [-0.3, -0.25) is 14.4 Å². The maximum atomic E-state index is 13.4. The second-order valence-corrected chi connectivity index (χ2v) is 10.8. The number of anilines is 2. The van der Waals surface area contributed by atoms with Gasteiger partial charge in [0, 0.05) is 44.5 Å². The molecule has 8 nitrogen and oxygen atoms in total. The van der Waals surface area contributed by atoms with Crippen LogP contribution in [-0.4, -0.2) is 37.7 Å². The molecule has 0 saturated heterocycles. The number of benzene rings is 4. The molecule has 0 aliphatic carbocycles. The monoisotopic (exact) mass is 645 g/mol. The Balaban J connectivity index is 1.44. The van der Waals surface area contributed by atoms with Crippen LogP contribution >= 0.6 is 27.7 Å². The summed E-state index contributed by atoms with van der Waals surface area (Å²) in [5, 5.41) is 8.43. The normalized spacial score (nSPS) is 10.9. The van der Waals surface area contributed by atoms with Gasteiger partial charge in [-0.25, -0.2) is 0 Å². The molecule has 0 aromatic heterocycles. The maximum absolute atomic E-state index is 13.4. The van der Waals surface area contributed by atoms with E-state index in [0.29, 0.717) is 28.4 Å². The standard InChI is InChI=1S/C32H28BrN3O5S/c1-40-26-16-25(17-27(19-26)41-2)34-30(37)20-42-28-13-7-12-24(18-28)35-32(39)29(15-21-8-6-11-23(33)14-21)36-31(38)22-9-4-3-5-10-22/h3-19H,20H2,1-2H3,(H,34,37)(H,35,39)(H,36,38)/b29-15+. The molecule has 3 N–H and O–H groups in total. The molecule has 10 heteroatoms. The third-order valence-corrected chi connectivity index (χ3v) is 7.27. The number of carbonyl (C=O) groups excluding carboxylic acids is 3. The number of rotatable bonds is 11. The van der Waals surface area contributed by atoms with Crippen LogP contribution in [0.2, 0.25) is 0 Å². The molecule has 0 atom stereocenters. The van der Waals surface area contributed by atoms with Crippen molar-refractivity contribution in [3.05, 3.63) is 118 Å². The summed E-state index contributed by atoms with van der Waals surface area (Å²) in [6.07, 6.45) is 1.61. The van der Waals surface area contributed by atoms with Gasteiger partial charge in [-0.15, -0.1) is 11.8 Å². The Kier molecular flexibility index (Phi) is 10.8. The molecule has 3 amide bonds. The number of methoxy groups -OCH3 is 2. The Morgan fingerprint density at radius 1 is 0.786 bits per heavy atom. The van der Waals surface area contributed by atoms with Crippen LogP contribution in [0.25, 0.3) is 6.08 Å². The van der Waals surface area contributed by atoms with Crippen LogP contribution < -0.4 is 25.4 Å². The number of thioether (sulfide) groups is 1. The molecule has 214 valence electrons. The predicted octanol–water partition coefficient (Wildman–Crippen LogP) is 6.61. The molecule has 0 aliphatic heterocycles. The van der Waals surface area contributed by atoms with Crippen molar-refractivity contribution in [1.82, 2.24) is 5.32 Å². The van der Waals surface area contributed by atoms with E-state index in [4.69, 9.17) is 9.47 Å². The highest BCUT2D eigenvalue weighted by Gasteiger charge is 2.16. The van der Waals surface area contributed by atoms with E-state index >= 15 is 0 Å². The Labute approximate surface area is 256 Å². The van der Waals surface area contributed by atoms with Crippen molar-refractivity contribution >= 4 is 62.9 Å². The molecule has 0 spiro atoms. The van der Waals surface area contributed by atoms with E-state index in [1.54, 1.807) is 81.0 Å². The maximum Gasteiger partial charge on any atom is 0.272 e. The van der Waals surface area contributed by atoms with Crippen molar-refractivity contribution in [2.45, 2.75) is 4.90 Å². The summed E-state index contributed by atoms with van der Waals surface area (Å²) in [5.41, 5.74) is 2.30. The van der Waals surface area contributed by atoms with Gasteiger partial charge < -0.3 is 25.4 Å². The van der Waals surface area contributed by atoms with Crippen LogP contribution in [-0.2, 0) is 9.59 Å². The lowest BCUT2D eigenvalue weighted by molar-refractivity contribution is -0.114. The zero-order chi connectivity index (χ0) is 29.9. The highest BCUT2D eigenvalue weighted by Crippen LogP contribution is 2.27. The van der Waals surface area contributed by atoms with Gasteiger partial charge in [-0.1, -0.05) is 52.3 Å². The van der Waals surface area contributed by atoms with Gasteiger partial charge >= 0.3 is 0 Å². The van der Waals surface area contributed by atoms with Crippen LogP contribution in [0.5, 0.6) is 11.5 Å². The van der Waals surface area contributed by atoms with Gasteiger partial charge in [0.25, 0.3) is 11.8 Å². The summed E-state index contributed by atoms with van der Waals surface area (Å²) in [5.74, 6) is 0.149. The van der Waals surface area contributed by atoms with Crippen molar-refractivity contribution < 1.29 is 23.9 Å². The van der Waals surface area contributed by atoms with Gasteiger partial charge in [-0.05, 0) is 54.1 Å². The molecule has 4 rings (SSSR count). The first-order valence-electron chi connectivity index (χ1n) is 12.7. The smallest absolute Gasteiger partial charge is 0.272 e. The van der Waals surface area contributed by atoms with Crippen molar-refractivity contribution in [2.24, 2.45) is 0 Å². The van der Waals surface area contributed by atoms with E-state index < -0.39 is 11.8 Å². The summed E-state index contributed by atoms with van der Waals surface area (Å²) in [7, 11) is 3.08. The van der Waals surface area contributed by atoms with E-state index in [0.717, 1.165) is 14.9 Å². The topological polar surface area (TPSA) is 106 Å². The Hall–Kier alpha value is -4.54. The first-order valence-corrected chi connectivity index (χ1v) is 14.5. The fourth-order valence-corrected chi connectivity index (χ4v) is 4.97. The summed E-state index contributed by atoms with van der Waals surface area (Å²) in [6.45, 7) is 0. The highest BCUT2D eigenvalue weighted by atomic mass is 79.9. The molecule has 0 unspecified atom stereocenters.